The van der Waals surface area contributed by atoms with Crippen LogP contribution in [0.1, 0.15) is 34.6 Å². The van der Waals surface area contributed by atoms with Gasteiger partial charge in [-0.3, -0.25) is 6.58 Å². The van der Waals surface area contributed by atoms with Gasteiger partial charge in [0.15, 0.2) is 0 Å². The quantitative estimate of drug-likeness (QED) is 0.0778. The van der Waals surface area contributed by atoms with E-state index >= 15 is 0 Å². The van der Waals surface area contributed by atoms with Crippen LogP contribution in [0.4, 0.5) is 0 Å². The summed E-state index contributed by atoms with van der Waals surface area (Å²) in [6, 6.07) is 44.2. The zero-order valence-electron chi connectivity index (χ0n) is 26.1. The van der Waals surface area contributed by atoms with E-state index < -0.39 is 0 Å². The van der Waals surface area contributed by atoms with E-state index in [1.54, 1.807) is 0 Å². The first-order valence-corrected chi connectivity index (χ1v) is 17.5. The van der Waals surface area contributed by atoms with Gasteiger partial charge < -0.3 is 0 Å². The summed E-state index contributed by atoms with van der Waals surface area (Å²) in [6.45, 7) is 19.1. The van der Waals surface area contributed by atoms with E-state index in [0.717, 1.165) is 0 Å². The second-order valence-electron chi connectivity index (χ2n) is 10.2. The Hall–Kier alpha value is -2.26. The van der Waals surface area contributed by atoms with E-state index in [2.05, 4.69) is 163 Å². The average Bonchev–Trinajstić information content (AvgIpc) is 3.22. The van der Waals surface area contributed by atoms with Gasteiger partial charge in [-0.25, -0.2) is 12.2 Å². The van der Waals surface area contributed by atoms with Crippen molar-refractivity contribution in [2.45, 2.75) is 34.6 Å². The van der Waals surface area contributed by atoms with Crippen molar-refractivity contribution in [1.82, 2.24) is 0 Å². The molecule has 0 heterocycles. The van der Waals surface area contributed by atoms with Crippen molar-refractivity contribution in [3.63, 3.8) is 0 Å². The fraction of sp³-hybridized carbons (Fsp3) is 0.175. The molecule has 0 N–H and O–H groups in total. The van der Waals surface area contributed by atoms with Crippen LogP contribution in [0.25, 0.3) is 0 Å². The first-order chi connectivity index (χ1) is 20.4. The van der Waals surface area contributed by atoms with Gasteiger partial charge in [-0.2, -0.15) is 6.58 Å². The smallest absolute Gasteiger partial charge is 0.293 e. The molecule has 0 amide bonds. The Morgan fingerprint density at radius 3 is 0.814 bits per heavy atom. The first-order valence-electron chi connectivity index (χ1n) is 14.5. The normalized spacial score (nSPS) is 14.3. The van der Waals surface area contributed by atoms with Gasteiger partial charge in [0, 0.05) is 0 Å². The largest absolute Gasteiger partial charge is 2.00 e. The molecule has 0 unspecified atom stereocenters. The molecule has 0 saturated heterocycles. The third-order valence-electron chi connectivity index (χ3n) is 7.77. The van der Waals surface area contributed by atoms with Gasteiger partial charge in [0.2, 0.25) is 0 Å². The maximum absolute atomic E-state index is 4.78. The zero-order chi connectivity index (χ0) is 30.3. The van der Waals surface area contributed by atoms with Crippen molar-refractivity contribution in [3.05, 3.63) is 176 Å². The molecule has 1 aliphatic carbocycles. The third kappa shape index (κ3) is 11.0. The predicted molar refractivity (Wildman–Crippen MR) is 192 cm³/mol. The molecule has 4 aromatic carbocycles. The fourth-order valence-electron chi connectivity index (χ4n) is 4.85. The van der Waals surface area contributed by atoms with Gasteiger partial charge in [-0.1, -0.05) is 156 Å². The summed E-state index contributed by atoms with van der Waals surface area (Å²) in [5.41, 5.74) is 0. The van der Waals surface area contributed by atoms with Gasteiger partial charge in [0.1, 0.15) is 0 Å². The topological polar surface area (TPSA) is 0 Å². The van der Waals surface area contributed by atoms with Crippen molar-refractivity contribution >= 4 is 37.1 Å². The van der Waals surface area contributed by atoms with Crippen LogP contribution >= 0.6 is 15.8 Å². The molecule has 0 nitrogen and oxygen atoms in total. The Labute approximate surface area is 276 Å². The van der Waals surface area contributed by atoms with Gasteiger partial charge in [0.25, 0.3) is 0 Å². The molecule has 1 aliphatic rings. The van der Waals surface area contributed by atoms with Crippen molar-refractivity contribution in [2.24, 2.45) is 0 Å². The molecule has 3 heteroatoms. The SMILES string of the molecule is C[C]1[C](C)[C](C)[C](C)[C]1C.[CH-]=CC=C.[Fe+2].c1ccc(P(CCP(c2ccccc2)c2ccccc2)c2ccccc2)cc1. The minimum atomic E-state index is -0.348. The molecule has 0 spiro atoms. The summed E-state index contributed by atoms with van der Waals surface area (Å²) in [5, 5.41) is 5.89. The van der Waals surface area contributed by atoms with E-state index in [1.807, 2.05) is 0 Å². The minimum absolute atomic E-state index is 0. The summed E-state index contributed by atoms with van der Waals surface area (Å²) in [5.74, 6) is 7.34. The van der Waals surface area contributed by atoms with Gasteiger partial charge in [-0.05, 0) is 79.0 Å². The second-order valence-corrected chi connectivity index (χ2v) is 14.9. The van der Waals surface area contributed by atoms with Crippen molar-refractivity contribution in [1.29, 1.82) is 0 Å². The molecule has 1 fully saturated rings. The van der Waals surface area contributed by atoms with Crippen LogP contribution in [-0.4, -0.2) is 12.3 Å². The maximum Gasteiger partial charge on any atom is 2.00 e. The van der Waals surface area contributed by atoms with Gasteiger partial charge in [-0.15, -0.1) is 0 Å². The Morgan fingerprint density at radius 1 is 0.465 bits per heavy atom. The fourth-order valence-corrected chi connectivity index (χ4v) is 10.2. The van der Waals surface area contributed by atoms with E-state index in [4.69, 9.17) is 6.58 Å². The van der Waals surface area contributed by atoms with Crippen LogP contribution in [0.5, 0.6) is 0 Å². The molecule has 5 rings (SSSR count). The molecule has 5 radical (unpaired) electrons. The van der Waals surface area contributed by atoms with Crippen LogP contribution in [-0.2, 0) is 17.1 Å². The third-order valence-corrected chi connectivity index (χ3v) is 13.1. The number of hydrogen-bond acceptors (Lipinski definition) is 0. The van der Waals surface area contributed by atoms with Crippen molar-refractivity contribution in [3.8, 4) is 0 Å². The summed E-state index contributed by atoms with van der Waals surface area (Å²) in [6.07, 6.45) is 5.33. The maximum atomic E-state index is 4.78. The molecule has 0 aliphatic heterocycles. The first kappa shape index (κ1) is 36.9. The molecule has 1 saturated carbocycles. The molecular weight excluding hydrogens is 598 g/mol. The molecular formula is C40H44FeP2+. The Kier molecular flexibility index (Phi) is 17.1. The van der Waals surface area contributed by atoms with E-state index in [1.165, 1.54) is 75.3 Å². The number of hydrogen-bond donors (Lipinski definition) is 0. The van der Waals surface area contributed by atoms with Crippen LogP contribution < -0.4 is 21.2 Å². The molecule has 0 bridgehead atoms. The Morgan fingerprint density at radius 2 is 0.651 bits per heavy atom. The number of allylic oxidation sites excluding steroid dienone is 2. The minimum Gasteiger partial charge on any atom is -0.293 e. The number of benzene rings is 4. The monoisotopic (exact) mass is 642 g/mol. The standard InChI is InChI=1S/C26H24P2.C10H15.C4H5.Fe/c1-5-13-23(14-6-1)27(24-15-7-2-8-16-24)21-22-28(25-17-9-3-10-18-25)26-19-11-4-12-20-26;1-6-7(2)9(4)10(5)8(6)3;1-3-4-2;/h1-20H,21-22H2;1-5H3;1,3-4H,2H2;/q;;-1;+2. The molecule has 4 aromatic rings. The van der Waals surface area contributed by atoms with Crippen LogP contribution in [0.15, 0.2) is 140 Å². The molecule has 221 valence electrons. The van der Waals surface area contributed by atoms with Crippen LogP contribution in [0.3, 0.4) is 0 Å². The second kappa shape index (κ2) is 19.9. The zero-order valence-corrected chi connectivity index (χ0v) is 29.0. The van der Waals surface area contributed by atoms with E-state index in [9.17, 15) is 0 Å². The van der Waals surface area contributed by atoms with E-state index in [0.29, 0.717) is 0 Å². The van der Waals surface area contributed by atoms with Gasteiger partial charge in [0.05, 0.1) is 0 Å². The number of rotatable bonds is 8. The van der Waals surface area contributed by atoms with Crippen molar-refractivity contribution < 1.29 is 17.1 Å². The molecule has 43 heavy (non-hydrogen) atoms. The van der Waals surface area contributed by atoms with Crippen molar-refractivity contribution in [2.75, 3.05) is 12.3 Å². The Balaban J connectivity index is 0.000000359. The molecule has 0 aromatic heterocycles. The summed E-state index contributed by atoms with van der Waals surface area (Å²) >= 11 is 0. The van der Waals surface area contributed by atoms with Gasteiger partial charge >= 0.3 is 17.1 Å². The summed E-state index contributed by atoms with van der Waals surface area (Å²) in [4.78, 5) is 0. The average molecular weight is 643 g/mol. The van der Waals surface area contributed by atoms with E-state index in [-0.39, 0.29) is 32.9 Å². The predicted octanol–water partition coefficient (Wildman–Crippen LogP) is 9.38. The summed E-state index contributed by atoms with van der Waals surface area (Å²) in [7, 11) is -0.696. The van der Waals surface area contributed by atoms with Crippen LogP contribution in [0, 0.1) is 36.2 Å². The molecule has 0 atom stereocenters. The summed E-state index contributed by atoms with van der Waals surface area (Å²) < 4.78 is 0. The van der Waals surface area contributed by atoms with Crippen LogP contribution in [0.2, 0.25) is 0 Å². The Bertz CT molecular complexity index is 1080.